The molecule has 3 aliphatic heterocycles. The molecule has 3 unspecified atom stereocenters. The van der Waals surface area contributed by atoms with E-state index in [4.69, 9.17) is 4.74 Å². The highest BCUT2D eigenvalue weighted by molar-refractivity contribution is 5.91. The first kappa shape index (κ1) is 29.0. The molecule has 0 radical (unpaired) electrons. The molecule has 6 nitrogen and oxygen atoms in total. The number of ether oxygens (including phenoxy) is 1. The molecular weight excluding hydrogens is 550 g/mol. The molecular formula is C29H30F6N4O2. The lowest BCUT2D eigenvalue weighted by atomic mass is 9.72. The van der Waals surface area contributed by atoms with Gasteiger partial charge in [0.25, 0.3) is 0 Å². The normalized spacial score (nSPS) is 23.3. The van der Waals surface area contributed by atoms with E-state index < -0.39 is 41.2 Å². The van der Waals surface area contributed by atoms with Crippen molar-refractivity contribution in [3.05, 3.63) is 65.4 Å². The Balaban J connectivity index is 1.51. The summed E-state index contributed by atoms with van der Waals surface area (Å²) < 4.78 is 85.7. The molecule has 2 bridgehead atoms. The summed E-state index contributed by atoms with van der Waals surface area (Å²) in [5, 5.41) is 5.85. The van der Waals surface area contributed by atoms with Crippen LogP contribution in [-0.2, 0) is 12.4 Å². The first-order valence-corrected chi connectivity index (χ1v) is 13.4. The van der Waals surface area contributed by atoms with E-state index in [1.807, 2.05) is 0 Å². The van der Waals surface area contributed by atoms with Crippen LogP contribution in [0.5, 0.6) is 5.75 Å². The third-order valence-corrected chi connectivity index (χ3v) is 8.29. The number of urea groups is 1. The van der Waals surface area contributed by atoms with Crippen LogP contribution in [0.4, 0.5) is 36.8 Å². The molecule has 3 fully saturated rings. The first-order valence-electron chi connectivity index (χ1n) is 13.4. The molecule has 3 aromatic rings. The van der Waals surface area contributed by atoms with E-state index in [-0.39, 0.29) is 12.1 Å². The number of aromatic nitrogens is 1. The van der Waals surface area contributed by atoms with Gasteiger partial charge in [-0.15, -0.1) is 0 Å². The summed E-state index contributed by atoms with van der Waals surface area (Å²) in [7, 11) is 1.53. The number of methoxy groups -OCH3 is 1. The minimum Gasteiger partial charge on any atom is -0.497 e. The van der Waals surface area contributed by atoms with Crippen LogP contribution in [-0.4, -0.2) is 42.2 Å². The van der Waals surface area contributed by atoms with Gasteiger partial charge in [0.2, 0.25) is 0 Å². The maximum atomic E-state index is 13.4. The molecule has 220 valence electrons. The second-order valence-corrected chi connectivity index (χ2v) is 10.7. The van der Waals surface area contributed by atoms with Crippen molar-refractivity contribution in [3.8, 4) is 5.75 Å². The number of pyridine rings is 1. The van der Waals surface area contributed by atoms with Crippen molar-refractivity contribution in [1.82, 2.24) is 15.2 Å². The topological polar surface area (TPSA) is 66.5 Å². The Morgan fingerprint density at radius 1 is 1.07 bits per heavy atom. The Labute approximate surface area is 233 Å². The maximum Gasteiger partial charge on any atom is 0.416 e. The molecule has 6 rings (SSSR count). The maximum absolute atomic E-state index is 13.4. The van der Waals surface area contributed by atoms with Crippen LogP contribution in [0.1, 0.15) is 48.9 Å². The van der Waals surface area contributed by atoms with Crippen molar-refractivity contribution < 1.29 is 35.9 Å². The molecule has 3 aliphatic rings. The van der Waals surface area contributed by atoms with Gasteiger partial charge in [0, 0.05) is 29.9 Å². The number of nitrogens with zero attached hydrogens (tertiary/aromatic N) is 2. The van der Waals surface area contributed by atoms with Gasteiger partial charge in [-0.1, -0.05) is 13.3 Å². The number of piperidine rings is 3. The lowest BCUT2D eigenvalue weighted by Gasteiger charge is -2.52. The number of hydrogen-bond acceptors (Lipinski definition) is 4. The van der Waals surface area contributed by atoms with E-state index in [2.05, 4.69) is 27.4 Å². The van der Waals surface area contributed by atoms with Crippen molar-refractivity contribution in [1.29, 1.82) is 0 Å². The zero-order chi connectivity index (χ0) is 29.5. The molecule has 2 amide bonds. The Morgan fingerprint density at radius 2 is 1.78 bits per heavy atom. The number of rotatable bonds is 6. The van der Waals surface area contributed by atoms with Gasteiger partial charge in [-0.3, -0.25) is 9.88 Å². The van der Waals surface area contributed by atoms with Gasteiger partial charge < -0.3 is 15.4 Å². The molecule has 1 aromatic heterocycles. The largest absolute Gasteiger partial charge is 0.497 e. The molecule has 0 aliphatic carbocycles. The van der Waals surface area contributed by atoms with Gasteiger partial charge in [-0.25, -0.2) is 4.79 Å². The van der Waals surface area contributed by atoms with Crippen LogP contribution in [0, 0.1) is 11.8 Å². The Morgan fingerprint density at radius 3 is 2.37 bits per heavy atom. The zero-order valence-electron chi connectivity index (χ0n) is 22.4. The highest BCUT2D eigenvalue weighted by Crippen LogP contribution is 2.43. The predicted octanol–water partition coefficient (Wildman–Crippen LogP) is 7.26. The van der Waals surface area contributed by atoms with E-state index >= 15 is 0 Å². The second-order valence-electron chi connectivity index (χ2n) is 10.7. The molecule has 2 aromatic carbocycles. The van der Waals surface area contributed by atoms with Gasteiger partial charge in [-0.05, 0) is 79.3 Å². The van der Waals surface area contributed by atoms with Crippen molar-refractivity contribution >= 4 is 22.6 Å². The molecule has 4 heterocycles. The third kappa shape index (κ3) is 6.07. The lowest BCUT2D eigenvalue weighted by Crippen LogP contribution is -2.58. The third-order valence-electron chi connectivity index (χ3n) is 8.29. The minimum atomic E-state index is -5.03. The summed E-state index contributed by atoms with van der Waals surface area (Å²) in [6, 6.07) is 6.48. The molecule has 5 atom stereocenters. The van der Waals surface area contributed by atoms with Gasteiger partial charge in [0.15, 0.2) is 0 Å². The Hall–Kier alpha value is -3.54. The standard InChI is InChI=1S/C29H30F6N4O2/c1-3-16-15-39-9-7-17(16)10-25(39)26(22-6-8-36-24-5-4-21(41-2)14-23(22)24)38-27(40)37-20-12-18(28(30,31)32)11-19(13-20)29(33,34)35/h4-6,8,11-14,16-17,25-26H,3,7,9-10,15H2,1-2H3,(H2,37,38,40)/t16?,17?,25-,26-/m0/s1. The number of hydrogen-bond donors (Lipinski definition) is 2. The quantitative estimate of drug-likeness (QED) is 0.301. The number of alkyl halides is 6. The molecule has 2 N–H and O–H groups in total. The fourth-order valence-electron chi connectivity index (χ4n) is 6.25. The smallest absolute Gasteiger partial charge is 0.416 e. The number of amides is 2. The van der Waals surface area contributed by atoms with E-state index in [1.54, 1.807) is 30.5 Å². The van der Waals surface area contributed by atoms with Crippen molar-refractivity contribution in [2.45, 2.75) is 50.6 Å². The molecule has 0 spiro atoms. The average molecular weight is 581 g/mol. The first-order chi connectivity index (χ1) is 19.4. The van der Waals surface area contributed by atoms with Crippen molar-refractivity contribution in [3.63, 3.8) is 0 Å². The number of nitrogens with one attached hydrogen (secondary N) is 2. The Bertz CT molecular complexity index is 1390. The van der Waals surface area contributed by atoms with Crippen LogP contribution >= 0.6 is 0 Å². The summed E-state index contributed by atoms with van der Waals surface area (Å²) in [6.45, 7) is 3.83. The summed E-state index contributed by atoms with van der Waals surface area (Å²) in [5.74, 6) is 1.55. The molecule has 3 saturated heterocycles. The fraction of sp³-hybridized carbons (Fsp3) is 0.448. The fourth-order valence-corrected chi connectivity index (χ4v) is 6.25. The number of anilines is 1. The highest BCUT2D eigenvalue weighted by atomic mass is 19.4. The van der Waals surface area contributed by atoms with Gasteiger partial charge in [0.1, 0.15) is 5.75 Å². The summed E-state index contributed by atoms with van der Waals surface area (Å²) in [4.78, 5) is 20.0. The van der Waals surface area contributed by atoms with E-state index in [0.29, 0.717) is 35.2 Å². The van der Waals surface area contributed by atoms with Crippen LogP contribution in [0.25, 0.3) is 10.9 Å². The Kier molecular flexibility index (Phi) is 7.80. The van der Waals surface area contributed by atoms with Crippen LogP contribution in [0.3, 0.4) is 0 Å². The number of carbonyl (C=O) groups is 1. The summed E-state index contributed by atoms with van der Waals surface area (Å²) in [5.41, 5.74) is -2.23. The van der Waals surface area contributed by atoms with Crippen LogP contribution in [0.15, 0.2) is 48.7 Å². The van der Waals surface area contributed by atoms with E-state index in [9.17, 15) is 31.1 Å². The van der Waals surface area contributed by atoms with Crippen molar-refractivity contribution in [2.75, 3.05) is 25.5 Å². The van der Waals surface area contributed by atoms with Crippen LogP contribution < -0.4 is 15.4 Å². The summed E-state index contributed by atoms with van der Waals surface area (Å²) in [6.07, 6.45) is -5.60. The average Bonchev–Trinajstić information content (AvgIpc) is 2.94. The van der Waals surface area contributed by atoms with Gasteiger partial charge in [0.05, 0.1) is 29.8 Å². The predicted molar refractivity (Wildman–Crippen MR) is 142 cm³/mol. The summed E-state index contributed by atoms with van der Waals surface area (Å²) >= 11 is 0. The molecule has 12 heteroatoms. The lowest BCUT2D eigenvalue weighted by molar-refractivity contribution is -0.143. The monoisotopic (exact) mass is 580 g/mol. The number of fused-ring (bicyclic) bond motifs is 4. The number of carbonyl (C=O) groups excluding carboxylic acids is 1. The van der Waals surface area contributed by atoms with Gasteiger partial charge >= 0.3 is 18.4 Å². The van der Waals surface area contributed by atoms with Gasteiger partial charge in [-0.2, -0.15) is 26.3 Å². The van der Waals surface area contributed by atoms with E-state index in [1.165, 1.54) is 7.11 Å². The van der Waals surface area contributed by atoms with E-state index in [0.717, 1.165) is 43.3 Å². The molecule has 41 heavy (non-hydrogen) atoms. The zero-order valence-corrected chi connectivity index (χ0v) is 22.4. The van der Waals surface area contributed by atoms with Crippen LogP contribution in [0.2, 0.25) is 0 Å². The highest BCUT2D eigenvalue weighted by Gasteiger charge is 2.44. The second kappa shape index (κ2) is 11.0. The minimum absolute atomic E-state index is 0.0264. The SMILES string of the molecule is CCC1CN2CCC1C[C@H]2[C@@H](NC(=O)Nc1cc(C(F)(F)F)cc(C(F)(F)F)c1)c1ccnc2ccc(OC)cc12. The number of benzene rings is 2. The molecule has 0 saturated carbocycles. The number of halogens is 6. The van der Waals surface area contributed by atoms with Crippen molar-refractivity contribution in [2.24, 2.45) is 11.8 Å².